The lowest BCUT2D eigenvalue weighted by Gasteiger charge is -2.24. The van der Waals surface area contributed by atoms with Crippen molar-refractivity contribution < 1.29 is 5.11 Å². The molecule has 0 aromatic carbocycles. The zero-order valence-corrected chi connectivity index (χ0v) is 11.6. The van der Waals surface area contributed by atoms with Gasteiger partial charge in [-0.25, -0.2) is 0 Å². The summed E-state index contributed by atoms with van der Waals surface area (Å²) >= 11 is 1.85. The molecule has 0 saturated carbocycles. The summed E-state index contributed by atoms with van der Waals surface area (Å²) in [5.74, 6) is 1.99. The molecule has 0 amide bonds. The number of aliphatic hydroxyl groups is 1. The minimum Gasteiger partial charge on any atom is -0.388 e. The number of rotatable bonds is 6. The number of allylic oxidation sites excluding steroid dienone is 2. The minimum atomic E-state index is -0.449. The summed E-state index contributed by atoms with van der Waals surface area (Å²) in [6, 6.07) is 0.491. The molecule has 0 spiro atoms. The number of hydrogen-bond donors (Lipinski definition) is 2. The van der Waals surface area contributed by atoms with E-state index in [1.165, 1.54) is 5.57 Å². The molecule has 16 heavy (non-hydrogen) atoms. The second-order valence-corrected chi connectivity index (χ2v) is 6.27. The van der Waals surface area contributed by atoms with Crippen LogP contribution in [-0.4, -0.2) is 34.8 Å². The monoisotopic (exact) mass is 243 g/mol. The Bertz CT molecular complexity index is 230. The third kappa shape index (κ3) is 5.37. The Balaban J connectivity index is 2.14. The molecule has 1 fully saturated rings. The lowest BCUT2D eigenvalue weighted by atomic mass is 10.0. The molecule has 0 aromatic rings. The molecule has 94 valence electrons. The van der Waals surface area contributed by atoms with Gasteiger partial charge in [-0.3, -0.25) is 0 Å². The minimum absolute atomic E-state index is 0.449. The van der Waals surface area contributed by atoms with Gasteiger partial charge in [0.15, 0.2) is 0 Å². The summed E-state index contributed by atoms with van der Waals surface area (Å²) in [5, 5.41) is 13.6. The van der Waals surface area contributed by atoms with Crippen LogP contribution in [0, 0.1) is 0 Å². The summed E-state index contributed by atoms with van der Waals surface area (Å²) in [7, 11) is 0. The van der Waals surface area contributed by atoms with Gasteiger partial charge >= 0.3 is 0 Å². The van der Waals surface area contributed by atoms with Crippen molar-refractivity contribution in [3.8, 4) is 0 Å². The van der Waals surface area contributed by atoms with E-state index in [0.717, 1.165) is 37.3 Å². The van der Waals surface area contributed by atoms with Crippen molar-refractivity contribution in [1.29, 1.82) is 0 Å². The van der Waals surface area contributed by atoms with Gasteiger partial charge in [-0.2, -0.15) is 11.8 Å². The van der Waals surface area contributed by atoms with E-state index in [4.69, 9.17) is 0 Å². The highest BCUT2D eigenvalue weighted by molar-refractivity contribution is 7.99. The van der Waals surface area contributed by atoms with E-state index in [9.17, 15) is 5.11 Å². The second kappa shape index (κ2) is 6.67. The van der Waals surface area contributed by atoms with Crippen molar-refractivity contribution in [1.82, 2.24) is 5.32 Å². The first-order valence-electron chi connectivity index (χ1n) is 6.19. The van der Waals surface area contributed by atoms with Crippen LogP contribution in [0.25, 0.3) is 0 Å². The van der Waals surface area contributed by atoms with Crippen LogP contribution in [0.1, 0.15) is 40.0 Å². The van der Waals surface area contributed by atoms with Crippen molar-refractivity contribution in [2.75, 3.05) is 18.1 Å². The van der Waals surface area contributed by atoms with E-state index in [-0.39, 0.29) is 0 Å². The lowest BCUT2D eigenvalue weighted by Crippen LogP contribution is -2.43. The van der Waals surface area contributed by atoms with Gasteiger partial charge in [0, 0.05) is 18.3 Å². The molecular weight excluding hydrogens is 218 g/mol. The third-order valence-electron chi connectivity index (χ3n) is 3.01. The van der Waals surface area contributed by atoms with Crippen molar-refractivity contribution in [2.24, 2.45) is 0 Å². The Morgan fingerprint density at radius 1 is 1.56 bits per heavy atom. The molecule has 0 aliphatic carbocycles. The van der Waals surface area contributed by atoms with E-state index >= 15 is 0 Å². The zero-order chi connectivity index (χ0) is 12.0. The van der Waals surface area contributed by atoms with E-state index in [2.05, 4.69) is 32.2 Å². The molecule has 0 bridgehead atoms. The predicted molar refractivity (Wildman–Crippen MR) is 73.0 cm³/mol. The Hall–Kier alpha value is 0.0100. The molecule has 2 N–H and O–H groups in total. The number of nitrogens with one attached hydrogen (secondary N) is 1. The molecule has 1 aliphatic heterocycles. The fourth-order valence-corrected chi connectivity index (χ4v) is 3.12. The summed E-state index contributed by atoms with van der Waals surface area (Å²) in [6.07, 6.45) is 5.49. The molecule has 2 nitrogen and oxygen atoms in total. The van der Waals surface area contributed by atoms with Crippen LogP contribution >= 0.6 is 11.8 Å². The smallest absolute Gasteiger partial charge is 0.0869 e. The van der Waals surface area contributed by atoms with Crippen LogP contribution in [0.15, 0.2) is 11.6 Å². The SMILES string of the molecule is CC(C)=CCC[C@H](C)NC[C@@]1(O)CCSC1. The normalized spacial score (nSPS) is 26.8. The Labute approximate surface area is 104 Å². The highest BCUT2D eigenvalue weighted by Gasteiger charge is 2.31. The molecule has 3 heteroatoms. The van der Waals surface area contributed by atoms with Crippen LogP contribution in [0.4, 0.5) is 0 Å². The molecule has 1 rings (SSSR count). The molecule has 0 radical (unpaired) electrons. The van der Waals surface area contributed by atoms with Crippen molar-refractivity contribution in [3.63, 3.8) is 0 Å². The third-order valence-corrected chi connectivity index (χ3v) is 4.25. The highest BCUT2D eigenvalue weighted by atomic mass is 32.2. The highest BCUT2D eigenvalue weighted by Crippen LogP contribution is 2.27. The van der Waals surface area contributed by atoms with Crippen LogP contribution in [0.2, 0.25) is 0 Å². The maximum Gasteiger partial charge on any atom is 0.0869 e. The fourth-order valence-electron chi connectivity index (χ4n) is 1.82. The average molecular weight is 243 g/mol. The molecule has 1 aliphatic rings. The zero-order valence-electron chi connectivity index (χ0n) is 10.8. The van der Waals surface area contributed by atoms with Crippen molar-refractivity contribution in [3.05, 3.63) is 11.6 Å². The number of thioether (sulfide) groups is 1. The van der Waals surface area contributed by atoms with Crippen LogP contribution < -0.4 is 5.32 Å². The van der Waals surface area contributed by atoms with E-state index in [1.807, 2.05) is 11.8 Å². The van der Waals surface area contributed by atoms with Gasteiger partial charge < -0.3 is 10.4 Å². The number of hydrogen-bond acceptors (Lipinski definition) is 3. The predicted octanol–water partition coefficient (Wildman–Crippen LogP) is 2.58. The molecule has 2 atom stereocenters. The van der Waals surface area contributed by atoms with Gasteiger partial charge in [-0.1, -0.05) is 11.6 Å². The molecule has 0 unspecified atom stereocenters. The summed E-state index contributed by atoms with van der Waals surface area (Å²) in [4.78, 5) is 0. The van der Waals surface area contributed by atoms with Crippen LogP contribution in [0.3, 0.4) is 0 Å². The van der Waals surface area contributed by atoms with Crippen LogP contribution in [-0.2, 0) is 0 Å². The maximum absolute atomic E-state index is 10.2. The largest absolute Gasteiger partial charge is 0.388 e. The topological polar surface area (TPSA) is 32.3 Å². The van der Waals surface area contributed by atoms with Gasteiger partial charge in [0.25, 0.3) is 0 Å². The van der Waals surface area contributed by atoms with Gasteiger partial charge in [-0.15, -0.1) is 0 Å². The van der Waals surface area contributed by atoms with Gasteiger partial charge in [-0.05, 0) is 45.8 Å². The maximum atomic E-state index is 10.2. The van der Waals surface area contributed by atoms with Gasteiger partial charge in [0.1, 0.15) is 0 Å². The summed E-state index contributed by atoms with van der Waals surface area (Å²) in [5.41, 5.74) is 0.938. The van der Waals surface area contributed by atoms with Crippen LogP contribution in [0.5, 0.6) is 0 Å². The first-order chi connectivity index (χ1) is 7.52. The first-order valence-corrected chi connectivity index (χ1v) is 7.34. The Morgan fingerprint density at radius 3 is 2.88 bits per heavy atom. The average Bonchev–Trinajstić information content (AvgIpc) is 2.62. The van der Waals surface area contributed by atoms with Gasteiger partial charge in [0.05, 0.1) is 5.60 Å². The van der Waals surface area contributed by atoms with E-state index < -0.39 is 5.60 Å². The van der Waals surface area contributed by atoms with Crippen molar-refractivity contribution in [2.45, 2.75) is 51.7 Å². The standard InChI is InChI=1S/C13H25NOS/c1-11(2)5-4-6-12(3)14-9-13(15)7-8-16-10-13/h5,12,14-15H,4,6-10H2,1-3H3/t12-,13-/m0/s1. The van der Waals surface area contributed by atoms with Gasteiger partial charge in [0.2, 0.25) is 0 Å². The van der Waals surface area contributed by atoms with E-state index in [1.54, 1.807) is 0 Å². The molecule has 1 heterocycles. The molecule has 0 aromatic heterocycles. The quantitative estimate of drug-likeness (QED) is 0.703. The van der Waals surface area contributed by atoms with Crippen molar-refractivity contribution >= 4 is 11.8 Å². The fraction of sp³-hybridized carbons (Fsp3) is 0.846. The van der Waals surface area contributed by atoms with E-state index in [0.29, 0.717) is 6.04 Å². The Morgan fingerprint density at radius 2 is 2.31 bits per heavy atom. The first kappa shape index (κ1) is 14.1. The Kier molecular flexibility index (Phi) is 5.87. The summed E-state index contributed by atoms with van der Waals surface area (Å²) < 4.78 is 0. The summed E-state index contributed by atoms with van der Waals surface area (Å²) in [6.45, 7) is 7.22. The molecular formula is C13H25NOS. The lowest BCUT2D eigenvalue weighted by molar-refractivity contribution is 0.0649. The molecule has 1 saturated heterocycles. The second-order valence-electron chi connectivity index (χ2n) is 5.17.